The smallest absolute Gasteiger partial charge is 0.234 e. The van der Waals surface area contributed by atoms with Gasteiger partial charge < -0.3 is 5.32 Å². The van der Waals surface area contributed by atoms with E-state index in [1.165, 1.54) is 17.3 Å². The van der Waals surface area contributed by atoms with E-state index >= 15 is 0 Å². The first-order valence-corrected chi connectivity index (χ1v) is 8.98. The van der Waals surface area contributed by atoms with Crippen molar-refractivity contribution in [1.29, 1.82) is 0 Å². The Morgan fingerprint density at radius 2 is 1.70 bits per heavy atom. The van der Waals surface area contributed by atoms with Crippen LogP contribution < -0.4 is 5.32 Å². The second kappa shape index (κ2) is 7.61. The van der Waals surface area contributed by atoms with Crippen LogP contribution in [-0.2, 0) is 10.2 Å². The van der Waals surface area contributed by atoms with Gasteiger partial charge in [0.25, 0.3) is 0 Å². The average Bonchev–Trinajstić information content (AvgIpc) is 2.48. The van der Waals surface area contributed by atoms with Crippen molar-refractivity contribution in [3.05, 3.63) is 58.1 Å². The van der Waals surface area contributed by atoms with Gasteiger partial charge in [0.2, 0.25) is 5.91 Å². The Kier molecular flexibility index (Phi) is 6.01. The summed E-state index contributed by atoms with van der Waals surface area (Å²) in [6, 6.07) is 13.4. The third kappa shape index (κ3) is 5.45. The summed E-state index contributed by atoms with van der Waals surface area (Å²) in [5.74, 6) is 0.267. The number of halogens is 2. The molecule has 5 heteroatoms. The van der Waals surface area contributed by atoms with E-state index in [4.69, 9.17) is 23.2 Å². The predicted molar refractivity (Wildman–Crippen MR) is 101 cm³/mol. The van der Waals surface area contributed by atoms with E-state index in [2.05, 4.69) is 50.4 Å². The van der Waals surface area contributed by atoms with Crippen molar-refractivity contribution in [3.63, 3.8) is 0 Å². The van der Waals surface area contributed by atoms with Gasteiger partial charge in [-0.25, -0.2) is 0 Å². The van der Waals surface area contributed by atoms with E-state index in [0.717, 1.165) is 4.90 Å². The van der Waals surface area contributed by atoms with E-state index in [0.29, 0.717) is 21.5 Å². The molecule has 1 amide bonds. The van der Waals surface area contributed by atoms with Gasteiger partial charge >= 0.3 is 0 Å². The zero-order chi connectivity index (χ0) is 17.0. The highest BCUT2D eigenvalue weighted by Gasteiger charge is 2.13. The molecule has 0 aliphatic carbocycles. The van der Waals surface area contributed by atoms with Crippen LogP contribution >= 0.6 is 35.0 Å². The van der Waals surface area contributed by atoms with Crippen molar-refractivity contribution in [2.75, 3.05) is 11.1 Å². The third-order valence-corrected chi connectivity index (χ3v) is 5.04. The summed E-state index contributed by atoms with van der Waals surface area (Å²) in [6.07, 6.45) is 0. The van der Waals surface area contributed by atoms with Crippen LogP contribution in [0.15, 0.2) is 47.4 Å². The van der Waals surface area contributed by atoms with Gasteiger partial charge in [0.1, 0.15) is 0 Å². The summed E-state index contributed by atoms with van der Waals surface area (Å²) < 4.78 is 0. The van der Waals surface area contributed by atoms with Crippen LogP contribution in [-0.4, -0.2) is 11.7 Å². The normalized spacial score (nSPS) is 11.3. The first-order chi connectivity index (χ1) is 10.8. The van der Waals surface area contributed by atoms with Gasteiger partial charge in [-0.2, -0.15) is 0 Å². The molecule has 0 saturated carbocycles. The Morgan fingerprint density at radius 1 is 1.04 bits per heavy atom. The molecule has 0 bridgehead atoms. The van der Waals surface area contributed by atoms with Gasteiger partial charge in [-0.1, -0.05) is 56.1 Å². The second-order valence-electron chi connectivity index (χ2n) is 6.24. The Balaban J connectivity index is 1.90. The maximum atomic E-state index is 12.0. The summed E-state index contributed by atoms with van der Waals surface area (Å²) in [4.78, 5) is 13.1. The quantitative estimate of drug-likeness (QED) is 0.669. The Bertz CT molecular complexity index is 693. The van der Waals surface area contributed by atoms with Crippen molar-refractivity contribution in [1.82, 2.24) is 0 Å². The molecule has 0 aromatic heterocycles. The predicted octanol–water partition coefficient (Wildman–Crippen LogP) is 6.02. The fraction of sp³-hybridized carbons (Fsp3) is 0.278. The molecule has 1 N–H and O–H groups in total. The maximum absolute atomic E-state index is 12.0. The summed E-state index contributed by atoms with van der Waals surface area (Å²) in [5.41, 5.74) is 2.06. The van der Waals surface area contributed by atoms with Crippen LogP contribution in [0.2, 0.25) is 10.0 Å². The Hall–Kier alpha value is -1.16. The summed E-state index contributed by atoms with van der Waals surface area (Å²) in [6.45, 7) is 6.54. The highest BCUT2D eigenvalue weighted by atomic mass is 35.5. The number of thioether (sulfide) groups is 1. The van der Waals surface area contributed by atoms with Gasteiger partial charge in [0, 0.05) is 10.6 Å². The van der Waals surface area contributed by atoms with Crippen LogP contribution in [0.1, 0.15) is 26.3 Å². The molecular weight excluding hydrogens is 349 g/mol. The minimum absolute atomic E-state index is 0.0757. The van der Waals surface area contributed by atoms with Gasteiger partial charge in [-0.3, -0.25) is 4.79 Å². The number of rotatable bonds is 4. The molecule has 0 atom stereocenters. The molecule has 0 unspecified atom stereocenters. The molecule has 0 saturated heterocycles. The SMILES string of the molecule is CC(C)(C)c1ccc(SCC(=O)Nc2ccc(Cl)c(Cl)c2)cc1. The minimum atomic E-state index is -0.0757. The van der Waals surface area contributed by atoms with E-state index in [1.807, 2.05) is 0 Å². The zero-order valence-electron chi connectivity index (χ0n) is 13.3. The van der Waals surface area contributed by atoms with Gasteiger partial charge in [0.15, 0.2) is 0 Å². The molecule has 2 rings (SSSR count). The average molecular weight is 368 g/mol. The lowest BCUT2D eigenvalue weighted by Crippen LogP contribution is -2.14. The highest BCUT2D eigenvalue weighted by Crippen LogP contribution is 2.27. The molecule has 0 heterocycles. The molecule has 122 valence electrons. The fourth-order valence-electron chi connectivity index (χ4n) is 1.97. The molecule has 0 radical (unpaired) electrons. The van der Waals surface area contributed by atoms with Gasteiger partial charge in [0.05, 0.1) is 15.8 Å². The van der Waals surface area contributed by atoms with Crippen LogP contribution in [0, 0.1) is 0 Å². The fourth-order valence-corrected chi connectivity index (χ4v) is 2.97. The molecule has 2 nitrogen and oxygen atoms in total. The molecule has 0 spiro atoms. The molecular formula is C18H19Cl2NOS. The monoisotopic (exact) mass is 367 g/mol. The third-order valence-electron chi connectivity index (χ3n) is 3.29. The van der Waals surface area contributed by atoms with E-state index in [1.54, 1.807) is 18.2 Å². The molecule has 23 heavy (non-hydrogen) atoms. The van der Waals surface area contributed by atoms with Crippen molar-refractivity contribution in [3.8, 4) is 0 Å². The number of carbonyl (C=O) groups is 1. The lowest BCUT2D eigenvalue weighted by molar-refractivity contribution is -0.113. The van der Waals surface area contributed by atoms with Gasteiger partial charge in [-0.15, -0.1) is 11.8 Å². The van der Waals surface area contributed by atoms with Gasteiger partial charge in [-0.05, 0) is 41.3 Å². The van der Waals surface area contributed by atoms with E-state index in [9.17, 15) is 4.79 Å². The number of amides is 1. The largest absolute Gasteiger partial charge is 0.325 e. The summed E-state index contributed by atoms with van der Waals surface area (Å²) in [5, 5.41) is 3.71. The van der Waals surface area contributed by atoms with Crippen LogP contribution in [0.3, 0.4) is 0 Å². The molecule has 0 aliphatic heterocycles. The lowest BCUT2D eigenvalue weighted by Gasteiger charge is -2.19. The number of nitrogens with one attached hydrogen (secondary N) is 1. The molecule has 0 fully saturated rings. The number of carbonyl (C=O) groups excluding carboxylic acids is 1. The molecule has 2 aromatic carbocycles. The lowest BCUT2D eigenvalue weighted by atomic mass is 9.87. The standard InChI is InChI=1S/C18H19Cl2NOS/c1-18(2,3)12-4-7-14(8-5-12)23-11-17(22)21-13-6-9-15(19)16(20)10-13/h4-10H,11H2,1-3H3,(H,21,22). The number of benzene rings is 2. The second-order valence-corrected chi connectivity index (χ2v) is 8.10. The van der Waals surface area contributed by atoms with Crippen LogP contribution in [0.4, 0.5) is 5.69 Å². The first kappa shape index (κ1) is 18.2. The summed E-state index contributed by atoms with van der Waals surface area (Å²) >= 11 is 13.3. The highest BCUT2D eigenvalue weighted by molar-refractivity contribution is 8.00. The van der Waals surface area contributed by atoms with Crippen LogP contribution in [0.25, 0.3) is 0 Å². The molecule has 0 aliphatic rings. The van der Waals surface area contributed by atoms with Crippen LogP contribution in [0.5, 0.6) is 0 Å². The number of hydrogen-bond donors (Lipinski definition) is 1. The minimum Gasteiger partial charge on any atom is -0.325 e. The first-order valence-electron chi connectivity index (χ1n) is 7.24. The topological polar surface area (TPSA) is 29.1 Å². The maximum Gasteiger partial charge on any atom is 0.234 e. The Morgan fingerprint density at radius 3 is 2.26 bits per heavy atom. The molecule has 2 aromatic rings. The number of hydrogen-bond acceptors (Lipinski definition) is 2. The Labute approximate surface area is 151 Å². The van der Waals surface area contributed by atoms with E-state index in [-0.39, 0.29) is 11.3 Å². The zero-order valence-corrected chi connectivity index (χ0v) is 15.6. The van der Waals surface area contributed by atoms with Crippen molar-refractivity contribution < 1.29 is 4.79 Å². The summed E-state index contributed by atoms with van der Waals surface area (Å²) in [7, 11) is 0. The van der Waals surface area contributed by atoms with Crippen molar-refractivity contribution in [2.45, 2.75) is 31.1 Å². The number of anilines is 1. The van der Waals surface area contributed by atoms with Crippen molar-refractivity contribution >= 4 is 46.6 Å². The van der Waals surface area contributed by atoms with Crippen molar-refractivity contribution in [2.24, 2.45) is 0 Å². The van der Waals surface area contributed by atoms with E-state index < -0.39 is 0 Å².